The molecular formula is C26H34FN3O3. The predicted molar refractivity (Wildman–Crippen MR) is 127 cm³/mol. The smallest absolute Gasteiger partial charge is 0.253 e. The summed E-state index contributed by atoms with van der Waals surface area (Å²) < 4.78 is 18.5. The summed E-state index contributed by atoms with van der Waals surface area (Å²) >= 11 is 0. The maximum absolute atomic E-state index is 13.1. The Hall–Kier alpha value is -2.93. The highest BCUT2D eigenvalue weighted by molar-refractivity contribution is 5.94. The Balaban J connectivity index is 1.57. The average Bonchev–Trinajstić information content (AvgIpc) is 2.86. The molecule has 1 heterocycles. The summed E-state index contributed by atoms with van der Waals surface area (Å²) in [5.41, 5.74) is 1.58. The molecule has 1 saturated heterocycles. The molecule has 2 amide bonds. The minimum Gasteiger partial charge on any atom is -0.497 e. The highest BCUT2D eigenvalue weighted by Gasteiger charge is 2.29. The summed E-state index contributed by atoms with van der Waals surface area (Å²) in [7, 11) is 1.65. The van der Waals surface area contributed by atoms with Crippen LogP contribution in [0, 0.1) is 11.7 Å². The number of carbonyl (C=O) groups excluding carboxylic acids is 2. The Labute approximate surface area is 195 Å². The van der Waals surface area contributed by atoms with Gasteiger partial charge >= 0.3 is 0 Å². The van der Waals surface area contributed by atoms with E-state index in [-0.39, 0.29) is 29.6 Å². The van der Waals surface area contributed by atoms with Crippen molar-refractivity contribution in [3.05, 3.63) is 65.5 Å². The van der Waals surface area contributed by atoms with Gasteiger partial charge in [-0.05, 0) is 67.9 Å². The standard InChI is InChI=1S/C26H34FN3O3/c1-4-29(5-2)24(21-7-6-8-23(17-21)33-3)18-28-25(31)19-13-15-30(16-14-19)26(32)20-9-11-22(27)12-10-20/h6-12,17,19,24H,4-5,13-16,18H2,1-3H3,(H,28,31). The van der Waals surface area contributed by atoms with Crippen molar-refractivity contribution < 1.29 is 18.7 Å². The minimum atomic E-state index is -0.362. The van der Waals surface area contributed by atoms with E-state index >= 15 is 0 Å². The Kier molecular flexibility index (Phi) is 8.83. The van der Waals surface area contributed by atoms with E-state index in [4.69, 9.17) is 4.74 Å². The fourth-order valence-corrected chi connectivity index (χ4v) is 4.43. The minimum absolute atomic E-state index is 0.0314. The molecule has 33 heavy (non-hydrogen) atoms. The monoisotopic (exact) mass is 455 g/mol. The number of likely N-dealkylation sites (N-methyl/N-ethyl adjacent to an activating group) is 1. The van der Waals surface area contributed by atoms with Crippen LogP contribution in [0.5, 0.6) is 5.75 Å². The van der Waals surface area contributed by atoms with Gasteiger partial charge in [0.2, 0.25) is 5.91 Å². The van der Waals surface area contributed by atoms with Crippen LogP contribution in [-0.2, 0) is 4.79 Å². The summed E-state index contributed by atoms with van der Waals surface area (Å²) in [5, 5.41) is 3.15. The fourth-order valence-electron chi connectivity index (χ4n) is 4.43. The Morgan fingerprint density at radius 1 is 1.12 bits per heavy atom. The molecule has 178 valence electrons. The third kappa shape index (κ3) is 6.32. The molecule has 0 aliphatic carbocycles. The molecule has 0 spiro atoms. The molecule has 3 rings (SSSR count). The van der Waals surface area contributed by atoms with Gasteiger partial charge in [-0.1, -0.05) is 26.0 Å². The van der Waals surface area contributed by atoms with Crippen molar-refractivity contribution in [2.45, 2.75) is 32.7 Å². The summed E-state index contributed by atoms with van der Waals surface area (Å²) in [5.74, 6) is 0.232. The average molecular weight is 456 g/mol. The van der Waals surface area contributed by atoms with Gasteiger partial charge in [0, 0.05) is 31.1 Å². The molecule has 0 bridgehead atoms. The predicted octanol–water partition coefficient (Wildman–Crippen LogP) is 3.89. The molecule has 0 radical (unpaired) electrons. The number of halogens is 1. The topological polar surface area (TPSA) is 61.9 Å². The van der Waals surface area contributed by atoms with E-state index in [1.807, 2.05) is 18.2 Å². The van der Waals surface area contributed by atoms with Crippen molar-refractivity contribution in [2.24, 2.45) is 5.92 Å². The fraction of sp³-hybridized carbons (Fsp3) is 0.462. The lowest BCUT2D eigenvalue weighted by Crippen LogP contribution is -2.45. The van der Waals surface area contributed by atoms with E-state index in [1.54, 1.807) is 12.0 Å². The van der Waals surface area contributed by atoms with Crippen LogP contribution in [0.3, 0.4) is 0 Å². The van der Waals surface area contributed by atoms with Gasteiger partial charge < -0.3 is 15.0 Å². The summed E-state index contributed by atoms with van der Waals surface area (Å²) in [6.45, 7) is 7.53. The molecule has 2 aromatic rings. The van der Waals surface area contributed by atoms with Crippen LogP contribution in [-0.4, -0.2) is 61.4 Å². The lowest BCUT2D eigenvalue weighted by atomic mass is 9.95. The number of carbonyl (C=O) groups is 2. The first-order chi connectivity index (χ1) is 16.0. The largest absolute Gasteiger partial charge is 0.497 e. The van der Waals surface area contributed by atoms with Crippen molar-refractivity contribution in [2.75, 3.05) is 39.8 Å². The number of hydrogen-bond acceptors (Lipinski definition) is 4. The van der Waals surface area contributed by atoms with E-state index in [2.05, 4.69) is 30.1 Å². The third-order valence-electron chi connectivity index (χ3n) is 6.45. The van der Waals surface area contributed by atoms with Gasteiger partial charge in [0.1, 0.15) is 11.6 Å². The summed E-state index contributed by atoms with van der Waals surface area (Å²) in [6.07, 6.45) is 1.24. The first kappa shape index (κ1) is 24.7. The van der Waals surface area contributed by atoms with Crippen molar-refractivity contribution in [1.82, 2.24) is 15.1 Å². The Bertz CT molecular complexity index is 923. The molecule has 1 aliphatic heterocycles. The van der Waals surface area contributed by atoms with Crippen LogP contribution in [0.1, 0.15) is 48.7 Å². The number of amides is 2. The number of rotatable bonds is 9. The van der Waals surface area contributed by atoms with Gasteiger partial charge in [0.25, 0.3) is 5.91 Å². The molecule has 0 aromatic heterocycles. The van der Waals surface area contributed by atoms with Crippen LogP contribution in [0.25, 0.3) is 0 Å². The van der Waals surface area contributed by atoms with Crippen molar-refractivity contribution in [3.63, 3.8) is 0 Å². The summed E-state index contributed by atoms with van der Waals surface area (Å²) in [4.78, 5) is 29.6. The maximum atomic E-state index is 13.1. The van der Waals surface area contributed by atoms with Crippen molar-refractivity contribution in [3.8, 4) is 5.75 Å². The van der Waals surface area contributed by atoms with Crippen molar-refractivity contribution in [1.29, 1.82) is 0 Å². The molecule has 0 saturated carbocycles. The van der Waals surface area contributed by atoms with Crippen LogP contribution in [0.4, 0.5) is 4.39 Å². The lowest BCUT2D eigenvalue weighted by molar-refractivity contribution is -0.126. The van der Waals surface area contributed by atoms with Crippen LogP contribution >= 0.6 is 0 Å². The lowest BCUT2D eigenvalue weighted by Gasteiger charge is -2.33. The van der Waals surface area contributed by atoms with Gasteiger partial charge in [-0.15, -0.1) is 0 Å². The van der Waals surface area contributed by atoms with Gasteiger partial charge in [-0.3, -0.25) is 14.5 Å². The molecule has 7 heteroatoms. The molecular weight excluding hydrogens is 421 g/mol. The molecule has 2 aromatic carbocycles. The van der Waals surface area contributed by atoms with E-state index in [1.165, 1.54) is 24.3 Å². The second-order valence-corrected chi connectivity index (χ2v) is 8.33. The van der Waals surface area contributed by atoms with Crippen LogP contribution in [0.2, 0.25) is 0 Å². The highest BCUT2D eigenvalue weighted by atomic mass is 19.1. The molecule has 1 fully saturated rings. The zero-order chi connectivity index (χ0) is 23.8. The van der Waals surface area contributed by atoms with E-state index in [9.17, 15) is 14.0 Å². The van der Waals surface area contributed by atoms with Crippen molar-refractivity contribution >= 4 is 11.8 Å². The molecule has 1 N–H and O–H groups in total. The number of likely N-dealkylation sites (tertiary alicyclic amines) is 1. The van der Waals surface area contributed by atoms with Gasteiger partial charge in [0.05, 0.1) is 13.2 Å². The Morgan fingerprint density at radius 3 is 2.39 bits per heavy atom. The SMILES string of the molecule is CCN(CC)C(CNC(=O)C1CCN(C(=O)c2ccc(F)cc2)CC1)c1cccc(OC)c1. The number of piperidine rings is 1. The van der Waals surface area contributed by atoms with Crippen LogP contribution < -0.4 is 10.1 Å². The summed E-state index contributed by atoms with van der Waals surface area (Å²) in [6, 6.07) is 13.6. The van der Waals surface area contributed by atoms with E-state index in [0.717, 1.165) is 24.4 Å². The zero-order valence-electron chi connectivity index (χ0n) is 19.7. The quantitative estimate of drug-likeness (QED) is 0.623. The normalized spacial score (nSPS) is 15.4. The molecule has 1 unspecified atom stereocenters. The number of nitrogens with one attached hydrogen (secondary N) is 1. The van der Waals surface area contributed by atoms with Gasteiger partial charge in [0.15, 0.2) is 0 Å². The highest BCUT2D eigenvalue weighted by Crippen LogP contribution is 2.25. The van der Waals surface area contributed by atoms with E-state index < -0.39 is 0 Å². The van der Waals surface area contributed by atoms with Crippen LogP contribution in [0.15, 0.2) is 48.5 Å². The van der Waals surface area contributed by atoms with Gasteiger partial charge in [-0.2, -0.15) is 0 Å². The van der Waals surface area contributed by atoms with Gasteiger partial charge in [-0.25, -0.2) is 4.39 Å². The second kappa shape index (κ2) is 11.8. The number of ether oxygens (including phenoxy) is 1. The Morgan fingerprint density at radius 2 is 1.79 bits per heavy atom. The second-order valence-electron chi connectivity index (χ2n) is 8.33. The first-order valence-corrected chi connectivity index (χ1v) is 11.7. The number of methoxy groups -OCH3 is 1. The maximum Gasteiger partial charge on any atom is 0.253 e. The third-order valence-corrected chi connectivity index (χ3v) is 6.45. The number of hydrogen-bond donors (Lipinski definition) is 1. The zero-order valence-corrected chi connectivity index (χ0v) is 19.7. The first-order valence-electron chi connectivity index (χ1n) is 11.7. The van der Waals surface area contributed by atoms with E-state index in [0.29, 0.717) is 38.0 Å². The number of benzene rings is 2. The molecule has 1 aliphatic rings. The molecule has 1 atom stereocenters. The molecule has 6 nitrogen and oxygen atoms in total. The number of nitrogens with zero attached hydrogens (tertiary/aromatic N) is 2.